The van der Waals surface area contributed by atoms with Crippen LogP contribution in [0.2, 0.25) is 0 Å². The molecule has 1 heterocycles. The van der Waals surface area contributed by atoms with Crippen LogP contribution in [-0.2, 0) is 14.8 Å². The van der Waals surface area contributed by atoms with Crippen molar-refractivity contribution in [1.29, 1.82) is 0 Å². The molecular weight excluding hydrogens is 364 g/mol. The Labute approximate surface area is 160 Å². The molecule has 2 aromatic carbocycles. The number of fused-ring (bicyclic) bond motifs is 1. The van der Waals surface area contributed by atoms with Crippen LogP contribution in [0.25, 0.3) is 0 Å². The van der Waals surface area contributed by atoms with Gasteiger partial charge in [0.05, 0.1) is 24.5 Å². The number of amides is 1. The second kappa shape index (κ2) is 7.23. The third-order valence-electron chi connectivity index (χ3n) is 4.82. The van der Waals surface area contributed by atoms with E-state index < -0.39 is 16.1 Å². The number of anilines is 1. The minimum atomic E-state index is -3.52. The van der Waals surface area contributed by atoms with Crippen LogP contribution in [0.1, 0.15) is 29.7 Å². The van der Waals surface area contributed by atoms with Gasteiger partial charge in [-0.3, -0.25) is 9.10 Å². The Bertz CT molecular complexity index is 972. The lowest BCUT2D eigenvalue weighted by atomic mass is 10.0. The molecule has 0 radical (unpaired) electrons. The Hall–Kier alpha value is -2.54. The van der Waals surface area contributed by atoms with E-state index >= 15 is 0 Å². The molecule has 0 saturated heterocycles. The van der Waals surface area contributed by atoms with Gasteiger partial charge in [0.1, 0.15) is 5.75 Å². The number of ether oxygens (including phenoxy) is 1. The monoisotopic (exact) mass is 388 g/mol. The highest BCUT2D eigenvalue weighted by atomic mass is 32.2. The summed E-state index contributed by atoms with van der Waals surface area (Å²) in [5.41, 5.74) is 3.78. The zero-order valence-electron chi connectivity index (χ0n) is 15.9. The number of benzene rings is 2. The van der Waals surface area contributed by atoms with Crippen LogP contribution < -0.4 is 14.4 Å². The molecule has 0 fully saturated rings. The molecule has 0 unspecified atom stereocenters. The number of hydrogen-bond acceptors (Lipinski definition) is 4. The summed E-state index contributed by atoms with van der Waals surface area (Å²) in [6.45, 7) is 5.91. The highest BCUT2D eigenvalue weighted by Gasteiger charge is 2.35. The molecule has 1 aliphatic heterocycles. The van der Waals surface area contributed by atoms with Gasteiger partial charge in [0.15, 0.2) is 6.10 Å². The number of nitrogens with one attached hydrogen (secondary N) is 1. The summed E-state index contributed by atoms with van der Waals surface area (Å²) in [6.07, 6.45) is 0.213. The van der Waals surface area contributed by atoms with E-state index in [9.17, 15) is 13.2 Å². The minimum Gasteiger partial charge on any atom is -0.476 e. The van der Waals surface area contributed by atoms with Crippen molar-refractivity contribution in [2.45, 2.75) is 32.9 Å². The maximum absolute atomic E-state index is 12.8. The Kier molecular flexibility index (Phi) is 5.15. The molecule has 0 bridgehead atoms. The minimum absolute atomic E-state index is 0.0542. The van der Waals surface area contributed by atoms with Crippen LogP contribution >= 0.6 is 0 Å². The Balaban J connectivity index is 1.80. The van der Waals surface area contributed by atoms with Crippen molar-refractivity contribution in [2.24, 2.45) is 0 Å². The fraction of sp³-hybridized carbons (Fsp3) is 0.350. The van der Waals surface area contributed by atoms with Crippen molar-refractivity contribution >= 4 is 21.6 Å². The summed E-state index contributed by atoms with van der Waals surface area (Å²) >= 11 is 0. The van der Waals surface area contributed by atoms with Crippen molar-refractivity contribution in [3.05, 3.63) is 59.2 Å². The molecule has 1 amide bonds. The Morgan fingerprint density at radius 3 is 2.56 bits per heavy atom. The molecule has 0 aliphatic carbocycles. The molecule has 3 rings (SSSR count). The Morgan fingerprint density at radius 1 is 1.19 bits per heavy atom. The first-order valence-electron chi connectivity index (χ1n) is 8.77. The van der Waals surface area contributed by atoms with Crippen LogP contribution in [0.4, 0.5) is 5.69 Å². The third kappa shape index (κ3) is 4.08. The predicted octanol–water partition coefficient (Wildman–Crippen LogP) is 2.71. The summed E-state index contributed by atoms with van der Waals surface area (Å²) < 4.78 is 31.3. The van der Waals surface area contributed by atoms with E-state index in [4.69, 9.17) is 4.74 Å². The van der Waals surface area contributed by atoms with Crippen molar-refractivity contribution < 1.29 is 17.9 Å². The molecule has 0 spiro atoms. The normalized spacial score (nSPS) is 17.6. The molecule has 6 nitrogen and oxygen atoms in total. The topological polar surface area (TPSA) is 75.7 Å². The summed E-state index contributed by atoms with van der Waals surface area (Å²) in [5.74, 6) is 0.0389. The lowest BCUT2D eigenvalue weighted by Crippen LogP contribution is -2.50. The SMILES string of the molecule is Cc1ccc([C@@H](C)NC(=O)[C@@H]2CN(S(C)(=O)=O)c3ccccc3O2)cc1C. The molecule has 27 heavy (non-hydrogen) atoms. The molecule has 0 saturated carbocycles. The van der Waals surface area contributed by atoms with Crippen LogP contribution in [0.5, 0.6) is 5.75 Å². The van der Waals surface area contributed by atoms with Gasteiger partial charge in [-0.1, -0.05) is 30.3 Å². The first-order chi connectivity index (χ1) is 12.7. The molecule has 0 aromatic heterocycles. The van der Waals surface area contributed by atoms with Crippen molar-refractivity contribution in [1.82, 2.24) is 5.32 Å². The van der Waals surface area contributed by atoms with Gasteiger partial charge < -0.3 is 10.1 Å². The molecule has 7 heteroatoms. The first kappa shape index (κ1) is 19.2. The number of aryl methyl sites for hydroxylation is 2. The fourth-order valence-electron chi connectivity index (χ4n) is 3.08. The van der Waals surface area contributed by atoms with E-state index in [-0.39, 0.29) is 18.5 Å². The summed E-state index contributed by atoms with van der Waals surface area (Å²) in [6, 6.07) is 12.6. The average Bonchev–Trinajstić information content (AvgIpc) is 2.62. The maximum atomic E-state index is 12.8. The molecule has 2 aromatic rings. The van der Waals surface area contributed by atoms with Gasteiger partial charge in [0, 0.05) is 0 Å². The number of carbonyl (C=O) groups is 1. The number of para-hydroxylation sites is 2. The number of sulfonamides is 1. The van der Waals surface area contributed by atoms with Gasteiger partial charge in [-0.25, -0.2) is 8.42 Å². The molecule has 2 atom stereocenters. The zero-order valence-corrected chi connectivity index (χ0v) is 16.7. The van der Waals surface area contributed by atoms with Crippen LogP contribution in [0.3, 0.4) is 0 Å². The van der Waals surface area contributed by atoms with Crippen LogP contribution in [0.15, 0.2) is 42.5 Å². The van der Waals surface area contributed by atoms with E-state index in [0.29, 0.717) is 11.4 Å². The van der Waals surface area contributed by atoms with E-state index in [0.717, 1.165) is 17.4 Å². The second-order valence-corrected chi connectivity index (χ2v) is 8.85. The van der Waals surface area contributed by atoms with E-state index in [1.54, 1.807) is 24.3 Å². The average molecular weight is 388 g/mol. The van der Waals surface area contributed by atoms with Gasteiger partial charge in [0.2, 0.25) is 10.0 Å². The third-order valence-corrected chi connectivity index (χ3v) is 5.96. The molecule has 144 valence electrons. The quantitative estimate of drug-likeness (QED) is 0.874. The second-order valence-electron chi connectivity index (χ2n) is 6.94. The van der Waals surface area contributed by atoms with Gasteiger partial charge >= 0.3 is 0 Å². The van der Waals surface area contributed by atoms with Gasteiger partial charge in [0.25, 0.3) is 5.91 Å². The predicted molar refractivity (Wildman–Crippen MR) is 106 cm³/mol. The largest absolute Gasteiger partial charge is 0.476 e. The van der Waals surface area contributed by atoms with E-state index in [1.807, 2.05) is 39.0 Å². The summed E-state index contributed by atoms with van der Waals surface area (Å²) in [5, 5.41) is 2.93. The van der Waals surface area contributed by atoms with Crippen LogP contribution in [0, 0.1) is 13.8 Å². The van der Waals surface area contributed by atoms with Crippen molar-refractivity contribution in [3.63, 3.8) is 0 Å². The first-order valence-corrected chi connectivity index (χ1v) is 10.6. The van der Waals surface area contributed by atoms with E-state index in [1.165, 1.54) is 9.87 Å². The fourth-order valence-corrected chi connectivity index (χ4v) is 3.99. The standard InChI is InChI=1S/C20H24N2O4S/c1-13-9-10-16(11-14(13)2)15(3)21-20(23)19-12-22(27(4,24)25)17-7-5-6-8-18(17)26-19/h5-11,15,19H,12H2,1-4H3,(H,21,23)/t15-,19+/m1/s1. The van der Waals surface area contributed by atoms with Crippen molar-refractivity contribution in [2.75, 3.05) is 17.1 Å². The van der Waals surface area contributed by atoms with E-state index in [2.05, 4.69) is 5.32 Å². The number of hydrogen-bond donors (Lipinski definition) is 1. The van der Waals surface area contributed by atoms with Gasteiger partial charge in [-0.2, -0.15) is 0 Å². The van der Waals surface area contributed by atoms with Gasteiger partial charge in [-0.05, 0) is 49.6 Å². The highest BCUT2D eigenvalue weighted by molar-refractivity contribution is 7.92. The molecule has 1 N–H and O–H groups in total. The maximum Gasteiger partial charge on any atom is 0.263 e. The number of nitrogens with zero attached hydrogens (tertiary/aromatic N) is 1. The lowest BCUT2D eigenvalue weighted by Gasteiger charge is -2.34. The zero-order chi connectivity index (χ0) is 19.8. The Morgan fingerprint density at radius 2 is 1.89 bits per heavy atom. The van der Waals surface area contributed by atoms with Crippen LogP contribution in [-0.4, -0.2) is 33.2 Å². The van der Waals surface area contributed by atoms with Crippen molar-refractivity contribution in [3.8, 4) is 5.75 Å². The smallest absolute Gasteiger partial charge is 0.263 e. The highest BCUT2D eigenvalue weighted by Crippen LogP contribution is 2.34. The molecule has 1 aliphatic rings. The summed E-state index contributed by atoms with van der Waals surface area (Å²) in [7, 11) is -3.52. The van der Waals surface area contributed by atoms with Gasteiger partial charge in [-0.15, -0.1) is 0 Å². The molecular formula is C20H24N2O4S. The number of rotatable bonds is 4. The lowest BCUT2D eigenvalue weighted by molar-refractivity contribution is -0.128. The summed E-state index contributed by atoms with van der Waals surface area (Å²) in [4.78, 5) is 12.8. The number of carbonyl (C=O) groups excluding carboxylic acids is 1.